The lowest BCUT2D eigenvalue weighted by Crippen LogP contribution is -2.38. The number of nitrogens with two attached hydrogens (primary N) is 1. The van der Waals surface area contributed by atoms with E-state index in [2.05, 4.69) is 25.3 Å². The number of nitrogens with one attached hydrogen (secondary N) is 1. The molecule has 3 aromatic rings. The van der Waals surface area contributed by atoms with Crippen LogP contribution in [-0.2, 0) is 16.0 Å². The van der Waals surface area contributed by atoms with Crippen LogP contribution in [0.25, 0.3) is 5.95 Å². The summed E-state index contributed by atoms with van der Waals surface area (Å²) in [5.41, 5.74) is 11.4. The summed E-state index contributed by atoms with van der Waals surface area (Å²) in [6, 6.07) is 9.66. The van der Waals surface area contributed by atoms with Crippen molar-refractivity contribution in [3.8, 4) is 5.95 Å². The second-order valence-corrected chi connectivity index (χ2v) is 8.92. The molecule has 3 heterocycles. The number of amides is 2. The van der Waals surface area contributed by atoms with Gasteiger partial charge in [-0.15, -0.1) is 0 Å². The van der Waals surface area contributed by atoms with Gasteiger partial charge in [0, 0.05) is 41.7 Å². The molecule has 2 amide bonds. The maximum atomic E-state index is 13.1. The van der Waals surface area contributed by atoms with E-state index in [4.69, 9.17) is 5.73 Å². The summed E-state index contributed by atoms with van der Waals surface area (Å²) in [4.78, 5) is 35.7. The number of hydrogen-bond acceptors (Lipinski definition) is 6. The van der Waals surface area contributed by atoms with Crippen molar-refractivity contribution in [1.82, 2.24) is 19.7 Å². The van der Waals surface area contributed by atoms with Gasteiger partial charge < -0.3 is 16.0 Å². The molecule has 0 spiro atoms. The molecule has 1 aliphatic heterocycles. The second kappa shape index (κ2) is 9.62. The van der Waals surface area contributed by atoms with Crippen molar-refractivity contribution in [2.24, 2.45) is 11.7 Å². The third-order valence-electron chi connectivity index (χ3n) is 6.35. The fraction of sp³-hybridized carbons (Fsp3) is 0.400. The number of rotatable bonds is 6. The van der Waals surface area contributed by atoms with Crippen LogP contribution in [0.4, 0.5) is 11.4 Å². The van der Waals surface area contributed by atoms with Crippen LogP contribution in [0.15, 0.2) is 30.3 Å². The summed E-state index contributed by atoms with van der Waals surface area (Å²) in [5, 5.41) is 7.67. The highest BCUT2D eigenvalue weighted by Crippen LogP contribution is 2.30. The maximum Gasteiger partial charge on any atom is 0.251 e. The van der Waals surface area contributed by atoms with Crippen molar-refractivity contribution < 1.29 is 9.59 Å². The molecule has 34 heavy (non-hydrogen) atoms. The molecule has 1 saturated heterocycles. The topological polar surface area (TPSA) is 119 Å². The van der Waals surface area contributed by atoms with Crippen molar-refractivity contribution in [2.45, 2.75) is 47.0 Å². The predicted octanol–water partition coefficient (Wildman–Crippen LogP) is 2.78. The van der Waals surface area contributed by atoms with Crippen molar-refractivity contribution in [3.63, 3.8) is 0 Å². The van der Waals surface area contributed by atoms with E-state index in [0.717, 1.165) is 65.6 Å². The van der Waals surface area contributed by atoms with E-state index in [-0.39, 0.29) is 24.2 Å². The fourth-order valence-corrected chi connectivity index (χ4v) is 4.54. The summed E-state index contributed by atoms with van der Waals surface area (Å²) in [7, 11) is 0. The van der Waals surface area contributed by atoms with Gasteiger partial charge in [0.1, 0.15) is 0 Å². The first-order chi connectivity index (χ1) is 16.2. The Morgan fingerprint density at radius 2 is 1.71 bits per heavy atom. The van der Waals surface area contributed by atoms with Gasteiger partial charge in [0.15, 0.2) is 0 Å². The van der Waals surface area contributed by atoms with E-state index in [1.807, 2.05) is 58.0 Å². The van der Waals surface area contributed by atoms with E-state index >= 15 is 0 Å². The van der Waals surface area contributed by atoms with Crippen LogP contribution in [0.3, 0.4) is 0 Å². The first-order valence-electron chi connectivity index (χ1n) is 11.5. The quantitative estimate of drug-likeness (QED) is 0.583. The largest absolute Gasteiger partial charge is 0.370 e. The van der Waals surface area contributed by atoms with Crippen molar-refractivity contribution in [3.05, 3.63) is 58.7 Å². The molecule has 4 rings (SSSR count). The number of anilines is 2. The second-order valence-electron chi connectivity index (χ2n) is 8.92. The Labute approximate surface area is 199 Å². The number of aryl methyl sites for hydroxylation is 3. The Balaban J connectivity index is 1.50. The average Bonchev–Trinajstić information content (AvgIpc) is 3.07. The van der Waals surface area contributed by atoms with Crippen LogP contribution in [0, 0.1) is 33.6 Å². The van der Waals surface area contributed by atoms with Crippen LogP contribution in [0.1, 0.15) is 41.2 Å². The highest BCUT2D eigenvalue weighted by atomic mass is 16.2. The van der Waals surface area contributed by atoms with Crippen LogP contribution in [-0.4, -0.2) is 44.7 Å². The normalized spacial score (nSPS) is 14.3. The summed E-state index contributed by atoms with van der Waals surface area (Å²) < 4.78 is 1.70. The van der Waals surface area contributed by atoms with Crippen LogP contribution < -0.4 is 16.0 Å². The van der Waals surface area contributed by atoms with Gasteiger partial charge in [0.25, 0.3) is 5.95 Å². The molecular formula is C25H31N7O2. The van der Waals surface area contributed by atoms with Crippen molar-refractivity contribution in [2.75, 3.05) is 23.3 Å². The molecule has 9 heteroatoms. The smallest absolute Gasteiger partial charge is 0.251 e. The Morgan fingerprint density at radius 1 is 1.06 bits per heavy atom. The van der Waals surface area contributed by atoms with Gasteiger partial charge >= 0.3 is 0 Å². The number of nitrogens with zero attached hydrogens (tertiary/aromatic N) is 5. The lowest BCUT2D eigenvalue weighted by molar-refractivity contribution is -0.122. The molecular weight excluding hydrogens is 430 g/mol. The number of hydrogen-bond donors (Lipinski definition) is 2. The zero-order chi connectivity index (χ0) is 24.4. The SMILES string of the molecule is Cc1cc(C)nc(-n2nc(C)c(CC(=O)Nc3ccccc3N3CCC(C(N)=O)CC3)c2C)n1. The highest BCUT2D eigenvalue weighted by molar-refractivity contribution is 5.95. The number of benzene rings is 1. The van der Waals surface area contributed by atoms with Crippen LogP contribution in [0.5, 0.6) is 0 Å². The van der Waals surface area contributed by atoms with Gasteiger partial charge in [-0.2, -0.15) is 5.10 Å². The van der Waals surface area contributed by atoms with Gasteiger partial charge in [0.05, 0.1) is 23.5 Å². The average molecular weight is 462 g/mol. The lowest BCUT2D eigenvalue weighted by Gasteiger charge is -2.33. The molecule has 1 aromatic carbocycles. The molecule has 2 aromatic heterocycles. The molecule has 0 atom stereocenters. The molecule has 1 fully saturated rings. The minimum absolute atomic E-state index is 0.0818. The Hall–Kier alpha value is -3.75. The molecule has 0 bridgehead atoms. The molecule has 0 aliphatic carbocycles. The standard InChI is InChI=1S/C25H31N7O2/c1-15-13-16(2)28-25(27-15)32-18(4)20(17(3)30-32)14-23(33)29-21-7-5-6-8-22(21)31-11-9-19(10-12-31)24(26)34/h5-8,13,19H,9-12,14H2,1-4H3,(H2,26,34)(H,29,33). The maximum absolute atomic E-state index is 13.1. The third-order valence-corrected chi connectivity index (χ3v) is 6.35. The van der Waals surface area contributed by atoms with E-state index in [1.165, 1.54) is 0 Å². The first-order valence-corrected chi connectivity index (χ1v) is 11.5. The number of piperidine rings is 1. The Kier molecular flexibility index (Phi) is 6.63. The Bertz CT molecular complexity index is 1210. The molecule has 0 saturated carbocycles. The van der Waals surface area contributed by atoms with E-state index < -0.39 is 0 Å². The van der Waals surface area contributed by atoms with Gasteiger partial charge in [-0.05, 0) is 58.7 Å². The minimum atomic E-state index is -0.237. The van der Waals surface area contributed by atoms with Gasteiger partial charge in [-0.1, -0.05) is 12.1 Å². The number of carbonyl (C=O) groups is 2. The van der Waals surface area contributed by atoms with Gasteiger partial charge in [-0.3, -0.25) is 9.59 Å². The zero-order valence-electron chi connectivity index (χ0n) is 20.1. The third kappa shape index (κ3) is 4.93. The first kappa shape index (κ1) is 23.4. The number of primary amides is 1. The van der Waals surface area contributed by atoms with Gasteiger partial charge in [-0.25, -0.2) is 14.6 Å². The van der Waals surface area contributed by atoms with E-state index in [0.29, 0.717) is 5.95 Å². The number of carbonyl (C=O) groups excluding carboxylic acids is 2. The molecule has 0 radical (unpaired) electrons. The molecule has 0 unspecified atom stereocenters. The summed E-state index contributed by atoms with van der Waals surface area (Å²) in [5.74, 6) is 0.0708. The molecule has 3 N–H and O–H groups in total. The zero-order valence-corrected chi connectivity index (χ0v) is 20.1. The minimum Gasteiger partial charge on any atom is -0.370 e. The monoisotopic (exact) mass is 461 g/mol. The fourth-order valence-electron chi connectivity index (χ4n) is 4.54. The molecule has 178 valence electrons. The lowest BCUT2D eigenvalue weighted by atomic mass is 9.96. The number of para-hydroxylation sites is 2. The molecule has 9 nitrogen and oxygen atoms in total. The van der Waals surface area contributed by atoms with E-state index in [1.54, 1.807) is 4.68 Å². The summed E-state index contributed by atoms with van der Waals surface area (Å²) in [6.45, 7) is 9.12. The Morgan fingerprint density at radius 3 is 2.35 bits per heavy atom. The van der Waals surface area contributed by atoms with Crippen LogP contribution in [0.2, 0.25) is 0 Å². The van der Waals surface area contributed by atoms with Crippen LogP contribution >= 0.6 is 0 Å². The van der Waals surface area contributed by atoms with Gasteiger partial charge in [0.2, 0.25) is 11.8 Å². The van der Waals surface area contributed by atoms with E-state index in [9.17, 15) is 9.59 Å². The van der Waals surface area contributed by atoms with Crippen molar-refractivity contribution in [1.29, 1.82) is 0 Å². The predicted molar refractivity (Wildman–Crippen MR) is 131 cm³/mol. The number of aromatic nitrogens is 4. The van der Waals surface area contributed by atoms with Crippen molar-refractivity contribution >= 4 is 23.2 Å². The summed E-state index contributed by atoms with van der Waals surface area (Å²) >= 11 is 0. The molecule has 1 aliphatic rings. The highest BCUT2D eigenvalue weighted by Gasteiger charge is 2.25. The summed E-state index contributed by atoms with van der Waals surface area (Å²) in [6.07, 6.45) is 1.63.